The van der Waals surface area contributed by atoms with E-state index in [1.807, 2.05) is 30.3 Å². The van der Waals surface area contributed by atoms with Crippen molar-refractivity contribution in [3.05, 3.63) is 47.4 Å². The molecule has 0 radical (unpaired) electrons. The molecule has 3 rings (SSSR count). The van der Waals surface area contributed by atoms with Crippen LogP contribution in [0.3, 0.4) is 0 Å². The Morgan fingerprint density at radius 3 is 2.24 bits per heavy atom. The van der Waals surface area contributed by atoms with Gasteiger partial charge in [-0.1, -0.05) is 62.4 Å². The summed E-state index contributed by atoms with van der Waals surface area (Å²) in [6.45, 7) is 16.5. The van der Waals surface area contributed by atoms with Crippen molar-refractivity contribution >= 4 is 43.7 Å². The number of rotatable bonds is 10. The van der Waals surface area contributed by atoms with Crippen LogP contribution in [0, 0.1) is 6.57 Å². The molecule has 2 aromatic heterocycles. The summed E-state index contributed by atoms with van der Waals surface area (Å²) in [5.41, 5.74) is 2.59. The molecule has 0 atom stereocenters. The highest BCUT2D eigenvalue weighted by Gasteiger charge is 2.26. The summed E-state index contributed by atoms with van der Waals surface area (Å²) in [6.07, 6.45) is 0. The van der Waals surface area contributed by atoms with Crippen molar-refractivity contribution in [2.75, 3.05) is 45.4 Å². The first-order chi connectivity index (χ1) is 15.9. The highest BCUT2D eigenvalue weighted by Crippen LogP contribution is 2.44. The van der Waals surface area contributed by atoms with E-state index in [4.69, 9.17) is 21.0 Å². The summed E-state index contributed by atoms with van der Waals surface area (Å²) < 4.78 is 15.0. The first-order valence-electron chi connectivity index (χ1n) is 10.5. The Morgan fingerprint density at radius 1 is 1.03 bits per heavy atom. The average molecular weight is 485 g/mol. The van der Waals surface area contributed by atoms with Crippen LogP contribution in [0.4, 0.5) is 20.8 Å². The van der Waals surface area contributed by atoms with Gasteiger partial charge in [0.15, 0.2) is 15.1 Å². The molecule has 174 valence electrons. The zero-order valence-electron chi connectivity index (χ0n) is 19.5. The number of anilines is 1. The fourth-order valence-electron chi connectivity index (χ4n) is 3.02. The molecule has 0 bridgehead atoms. The molecule has 0 spiro atoms. The van der Waals surface area contributed by atoms with E-state index in [1.54, 1.807) is 14.2 Å². The lowest BCUT2D eigenvalue weighted by molar-refractivity contribution is 0.190. The van der Waals surface area contributed by atoms with Crippen molar-refractivity contribution in [1.82, 2.24) is 9.36 Å². The first kappa shape index (κ1) is 24.9. The number of nitrogens with zero attached hydrogens (tertiary/aromatic N) is 6. The molecule has 0 saturated heterocycles. The smallest absolute Gasteiger partial charge is 0.252 e. The minimum Gasteiger partial charge on any atom is -0.383 e. The molecule has 33 heavy (non-hydrogen) atoms. The van der Waals surface area contributed by atoms with E-state index in [2.05, 4.69) is 45.1 Å². The molecule has 0 unspecified atom stereocenters. The average Bonchev–Trinajstić information content (AvgIpc) is 3.42. The summed E-state index contributed by atoms with van der Waals surface area (Å²) in [5, 5.41) is 11.0. The van der Waals surface area contributed by atoms with Crippen LogP contribution in [0.15, 0.2) is 40.6 Å². The number of thiazole rings is 1. The Hall–Kier alpha value is -2.71. The summed E-state index contributed by atoms with van der Waals surface area (Å²) >= 11 is 2.66. The van der Waals surface area contributed by atoms with Crippen LogP contribution in [-0.2, 0) is 14.9 Å². The van der Waals surface area contributed by atoms with Crippen LogP contribution >= 0.6 is 22.9 Å². The maximum absolute atomic E-state index is 7.66. The second-order valence-corrected chi connectivity index (χ2v) is 9.94. The van der Waals surface area contributed by atoms with Crippen LogP contribution in [0.25, 0.3) is 16.1 Å². The molecule has 10 heteroatoms. The van der Waals surface area contributed by atoms with E-state index < -0.39 is 0 Å². The minimum absolute atomic E-state index is 0.219. The summed E-state index contributed by atoms with van der Waals surface area (Å²) in [6, 6.07) is 9.67. The Bertz CT molecular complexity index is 1100. The van der Waals surface area contributed by atoms with E-state index in [1.165, 1.54) is 22.9 Å². The SMILES string of the molecule is [C-]#[N+]c1c(-c2ccccc2)nsc1N=Nc1sc(N(CCOC)CCOC)nc1C(C)(C)C. The van der Waals surface area contributed by atoms with E-state index >= 15 is 0 Å². The normalized spacial score (nSPS) is 11.8. The Morgan fingerprint density at radius 2 is 1.67 bits per heavy atom. The van der Waals surface area contributed by atoms with Gasteiger partial charge >= 0.3 is 0 Å². The second-order valence-electron chi connectivity index (χ2n) is 8.24. The first-order valence-corrected chi connectivity index (χ1v) is 12.1. The van der Waals surface area contributed by atoms with Crippen LogP contribution in [-0.4, -0.2) is 49.9 Å². The van der Waals surface area contributed by atoms with Crippen LogP contribution < -0.4 is 4.90 Å². The Balaban J connectivity index is 1.96. The summed E-state index contributed by atoms with van der Waals surface area (Å²) in [7, 11) is 3.37. The van der Waals surface area contributed by atoms with Gasteiger partial charge in [-0.25, -0.2) is 14.2 Å². The topological polar surface area (TPSA) is 76.6 Å². The standard InChI is InChI=1S/C23H28N6O2S2/c1-23(2,3)19-21(32-22(25-19)29(12-14-30-5)13-15-31-6)27-26-20-18(24-4)17(28-33-20)16-10-8-7-9-11-16/h7-11H,12-15H2,1-3,5-6H3. The number of methoxy groups -OCH3 is 2. The van der Waals surface area contributed by atoms with Crippen molar-refractivity contribution in [2.45, 2.75) is 26.2 Å². The van der Waals surface area contributed by atoms with Gasteiger partial charge in [-0.15, -0.1) is 10.2 Å². The third kappa shape index (κ3) is 6.21. The minimum atomic E-state index is -0.219. The van der Waals surface area contributed by atoms with Gasteiger partial charge in [-0.3, -0.25) is 0 Å². The maximum Gasteiger partial charge on any atom is 0.252 e. The molecule has 0 aliphatic carbocycles. The monoisotopic (exact) mass is 484 g/mol. The lowest BCUT2D eigenvalue weighted by Crippen LogP contribution is -2.30. The van der Waals surface area contributed by atoms with Gasteiger partial charge in [0.05, 0.1) is 31.2 Å². The molecule has 0 aliphatic heterocycles. The van der Waals surface area contributed by atoms with Gasteiger partial charge in [-0.2, -0.15) is 0 Å². The molecule has 0 saturated carbocycles. The predicted molar refractivity (Wildman–Crippen MR) is 135 cm³/mol. The van der Waals surface area contributed by atoms with Crippen molar-refractivity contribution in [3.8, 4) is 11.3 Å². The van der Waals surface area contributed by atoms with E-state index in [-0.39, 0.29) is 5.41 Å². The van der Waals surface area contributed by atoms with Gasteiger partial charge in [0.2, 0.25) is 0 Å². The van der Waals surface area contributed by atoms with Gasteiger partial charge in [0, 0.05) is 32.7 Å². The van der Waals surface area contributed by atoms with Crippen molar-refractivity contribution in [1.29, 1.82) is 0 Å². The number of hydrogen-bond donors (Lipinski definition) is 0. The lowest BCUT2D eigenvalue weighted by Gasteiger charge is -2.21. The predicted octanol–water partition coefficient (Wildman–Crippen LogP) is 6.63. The molecular weight excluding hydrogens is 456 g/mol. The largest absolute Gasteiger partial charge is 0.383 e. The fourth-order valence-corrected chi connectivity index (χ4v) is 4.85. The quantitative estimate of drug-likeness (QED) is 0.238. The van der Waals surface area contributed by atoms with Crippen molar-refractivity contribution in [2.24, 2.45) is 10.2 Å². The molecule has 1 aromatic carbocycles. The molecule has 2 heterocycles. The maximum atomic E-state index is 7.66. The Labute approximate surface area is 202 Å². The van der Waals surface area contributed by atoms with Crippen LogP contribution in [0.5, 0.6) is 0 Å². The number of hydrogen-bond acceptors (Lipinski definition) is 9. The number of azo groups is 1. The summed E-state index contributed by atoms with van der Waals surface area (Å²) in [5.74, 6) is 0. The van der Waals surface area contributed by atoms with Crippen molar-refractivity contribution < 1.29 is 9.47 Å². The Kier molecular flexibility index (Phi) is 8.63. The number of ether oxygens (including phenoxy) is 2. The molecule has 0 amide bonds. The third-order valence-corrected chi connectivity index (χ3v) is 6.47. The molecule has 0 aliphatic rings. The molecule has 0 N–H and O–H groups in total. The molecule has 8 nitrogen and oxygen atoms in total. The number of benzene rings is 1. The van der Waals surface area contributed by atoms with Crippen LogP contribution in [0.1, 0.15) is 26.5 Å². The van der Waals surface area contributed by atoms with E-state index in [0.29, 0.717) is 42.7 Å². The zero-order chi connectivity index (χ0) is 23.8. The van der Waals surface area contributed by atoms with Gasteiger partial charge in [0.25, 0.3) is 5.69 Å². The van der Waals surface area contributed by atoms with Crippen LogP contribution in [0.2, 0.25) is 0 Å². The fraction of sp³-hybridized carbons (Fsp3) is 0.435. The lowest BCUT2D eigenvalue weighted by atomic mass is 9.93. The highest BCUT2D eigenvalue weighted by atomic mass is 32.1. The summed E-state index contributed by atoms with van der Waals surface area (Å²) in [4.78, 5) is 10.7. The van der Waals surface area contributed by atoms with Gasteiger partial charge in [0.1, 0.15) is 0 Å². The molecule has 0 fully saturated rings. The highest BCUT2D eigenvalue weighted by molar-refractivity contribution is 7.19. The zero-order valence-corrected chi connectivity index (χ0v) is 21.2. The van der Waals surface area contributed by atoms with Crippen molar-refractivity contribution in [3.63, 3.8) is 0 Å². The van der Waals surface area contributed by atoms with Gasteiger partial charge < -0.3 is 14.4 Å². The molecular formula is C23H28N6O2S2. The van der Waals surface area contributed by atoms with E-state index in [9.17, 15) is 0 Å². The third-order valence-electron chi connectivity index (χ3n) is 4.75. The van der Waals surface area contributed by atoms with E-state index in [0.717, 1.165) is 21.4 Å². The second kappa shape index (κ2) is 11.4. The number of aromatic nitrogens is 2. The molecule has 3 aromatic rings. The van der Waals surface area contributed by atoms with Gasteiger partial charge in [-0.05, 0) is 17.1 Å².